The molecule has 1 aromatic rings. The van der Waals surface area contributed by atoms with Gasteiger partial charge in [0.15, 0.2) is 0 Å². The fraction of sp³-hybridized carbons (Fsp3) is 0.357. The van der Waals surface area contributed by atoms with Crippen LogP contribution in [0, 0.1) is 11.8 Å². The van der Waals surface area contributed by atoms with E-state index in [-0.39, 0.29) is 30.5 Å². The SMILES string of the molecule is CC1C(=O)NCCN1S(=O)(=O)c1ccccc1C#CCO. The first-order valence-electron chi connectivity index (χ1n) is 6.47. The molecule has 0 saturated carbocycles. The Hall–Kier alpha value is -1.88. The fourth-order valence-corrected chi connectivity index (χ4v) is 3.89. The van der Waals surface area contributed by atoms with Crippen molar-refractivity contribution in [2.75, 3.05) is 19.7 Å². The van der Waals surface area contributed by atoms with E-state index in [1.165, 1.54) is 10.4 Å². The summed E-state index contributed by atoms with van der Waals surface area (Å²) >= 11 is 0. The zero-order valence-corrected chi connectivity index (χ0v) is 12.4. The normalized spacial score (nSPS) is 19.5. The van der Waals surface area contributed by atoms with E-state index in [4.69, 9.17) is 5.11 Å². The Morgan fingerprint density at radius 2 is 2.14 bits per heavy atom. The quantitative estimate of drug-likeness (QED) is 0.724. The maximum Gasteiger partial charge on any atom is 0.245 e. The number of hydrogen-bond acceptors (Lipinski definition) is 4. The van der Waals surface area contributed by atoms with E-state index in [9.17, 15) is 13.2 Å². The van der Waals surface area contributed by atoms with E-state index >= 15 is 0 Å². The van der Waals surface area contributed by atoms with E-state index in [0.717, 1.165) is 0 Å². The number of rotatable bonds is 2. The van der Waals surface area contributed by atoms with Crippen molar-refractivity contribution in [3.63, 3.8) is 0 Å². The monoisotopic (exact) mass is 308 g/mol. The van der Waals surface area contributed by atoms with Gasteiger partial charge in [0.25, 0.3) is 0 Å². The molecule has 1 amide bonds. The number of benzene rings is 1. The number of nitrogens with one attached hydrogen (secondary N) is 1. The van der Waals surface area contributed by atoms with Gasteiger partial charge < -0.3 is 10.4 Å². The molecule has 1 fully saturated rings. The Morgan fingerprint density at radius 1 is 1.43 bits per heavy atom. The molecule has 1 unspecified atom stereocenters. The minimum Gasteiger partial charge on any atom is -0.384 e. The molecule has 7 heteroatoms. The number of aliphatic hydroxyl groups is 1. The molecule has 1 saturated heterocycles. The highest BCUT2D eigenvalue weighted by Crippen LogP contribution is 2.22. The predicted molar refractivity (Wildman–Crippen MR) is 76.8 cm³/mol. The predicted octanol–water partition coefficient (Wildman–Crippen LogP) is -0.461. The Labute approximate surface area is 123 Å². The highest BCUT2D eigenvalue weighted by molar-refractivity contribution is 7.89. The first-order chi connectivity index (χ1) is 9.98. The van der Waals surface area contributed by atoms with Crippen molar-refractivity contribution < 1.29 is 18.3 Å². The van der Waals surface area contributed by atoms with Gasteiger partial charge in [0, 0.05) is 18.7 Å². The molecular formula is C14H16N2O4S. The standard InChI is InChI=1S/C14H16N2O4S/c1-11-14(18)15-8-9-16(11)21(19,20)13-7-3-2-5-12(13)6-4-10-17/h2-3,5,7,11,17H,8-10H2,1H3,(H,15,18). The van der Waals surface area contributed by atoms with Crippen molar-refractivity contribution in [3.8, 4) is 11.8 Å². The van der Waals surface area contributed by atoms with Crippen LogP contribution < -0.4 is 5.32 Å². The minimum absolute atomic E-state index is 0.0486. The summed E-state index contributed by atoms with van der Waals surface area (Å²) in [4.78, 5) is 11.7. The van der Waals surface area contributed by atoms with Crippen molar-refractivity contribution in [2.24, 2.45) is 0 Å². The number of piperazine rings is 1. The molecule has 1 aliphatic rings. The average Bonchev–Trinajstić information content (AvgIpc) is 2.48. The second-order valence-electron chi connectivity index (χ2n) is 4.54. The third kappa shape index (κ3) is 3.08. The summed E-state index contributed by atoms with van der Waals surface area (Å²) in [6, 6.07) is 5.54. The van der Waals surface area contributed by atoms with E-state index < -0.39 is 16.1 Å². The number of amides is 1. The molecule has 1 atom stereocenters. The third-order valence-corrected chi connectivity index (χ3v) is 5.25. The second-order valence-corrected chi connectivity index (χ2v) is 6.40. The number of sulfonamides is 1. The maximum absolute atomic E-state index is 12.7. The maximum atomic E-state index is 12.7. The number of carbonyl (C=O) groups excluding carboxylic acids is 1. The lowest BCUT2D eigenvalue weighted by Crippen LogP contribution is -2.55. The van der Waals surface area contributed by atoms with Crippen LogP contribution in [0.4, 0.5) is 0 Å². The smallest absolute Gasteiger partial charge is 0.245 e. The summed E-state index contributed by atoms with van der Waals surface area (Å²) in [6.45, 7) is 1.70. The van der Waals surface area contributed by atoms with E-state index in [1.807, 2.05) is 0 Å². The molecule has 0 radical (unpaired) electrons. The van der Waals surface area contributed by atoms with Gasteiger partial charge in [-0.1, -0.05) is 24.0 Å². The topological polar surface area (TPSA) is 86.7 Å². The Morgan fingerprint density at radius 3 is 2.86 bits per heavy atom. The van der Waals surface area contributed by atoms with Gasteiger partial charge >= 0.3 is 0 Å². The van der Waals surface area contributed by atoms with Gasteiger partial charge in [-0.25, -0.2) is 8.42 Å². The summed E-state index contributed by atoms with van der Waals surface area (Å²) in [5.41, 5.74) is 0.310. The zero-order valence-electron chi connectivity index (χ0n) is 11.5. The van der Waals surface area contributed by atoms with Crippen LogP contribution >= 0.6 is 0 Å². The largest absolute Gasteiger partial charge is 0.384 e. The number of hydrogen-bond donors (Lipinski definition) is 2. The van der Waals surface area contributed by atoms with Crippen LogP contribution in [-0.4, -0.2) is 49.5 Å². The molecule has 21 heavy (non-hydrogen) atoms. The summed E-state index contributed by atoms with van der Waals surface area (Å²) < 4.78 is 26.7. The van der Waals surface area contributed by atoms with Crippen LogP contribution in [0.5, 0.6) is 0 Å². The molecule has 1 heterocycles. The van der Waals surface area contributed by atoms with Gasteiger partial charge in [-0.3, -0.25) is 4.79 Å². The first-order valence-corrected chi connectivity index (χ1v) is 7.91. The molecule has 0 bridgehead atoms. The van der Waals surface area contributed by atoms with Crippen LogP contribution in [0.1, 0.15) is 12.5 Å². The lowest BCUT2D eigenvalue weighted by molar-refractivity contribution is -0.126. The van der Waals surface area contributed by atoms with Crippen molar-refractivity contribution in [1.29, 1.82) is 0 Å². The van der Waals surface area contributed by atoms with Gasteiger partial charge in [0.2, 0.25) is 15.9 Å². The molecular weight excluding hydrogens is 292 g/mol. The minimum atomic E-state index is -3.82. The fourth-order valence-electron chi connectivity index (χ4n) is 2.15. The zero-order chi connectivity index (χ0) is 15.5. The van der Waals surface area contributed by atoms with Gasteiger partial charge in [-0.15, -0.1) is 0 Å². The summed E-state index contributed by atoms with van der Waals surface area (Å²) in [6.07, 6.45) is 0. The van der Waals surface area contributed by atoms with E-state index in [1.54, 1.807) is 25.1 Å². The molecule has 1 aromatic carbocycles. The van der Waals surface area contributed by atoms with Crippen molar-refractivity contribution >= 4 is 15.9 Å². The summed E-state index contributed by atoms with van der Waals surface area (Å²) in [5, 5.41) is 11.4. The number of aliphatic hydroxyl groups excluding tert-OH is 1. The number of carbonyl (C=O) groups is 1. The van der Waals surface area contributed by atoms with Crippen molar-refractivity contribution in [2.45, 2.75) is 17.9 Å². The van der Waals surface area contributed by atoms with Gasteiger partial charge in [0.05, 0.1) is 4.90 Å². The molecule has 0 aromatic heterocycles. The third-order valence-electron chi connectivity index (χ3n) is 3.22. The Balaban J connectivity index is 2.47. The van der Waals surface area contributed by atoms with Gasteiger partial charge in [-0.2, -0.15) is 4.31 Å². The van der Waals surface area contributed by atoms with Crippen LogP contribution in [0.25, 0.3) is 0 Å². The van der Waals surface area contributed by atoms with Crippen LogP contribution in [-0.2, 0) is 14.8 Å². The summed E-state index contributed by atoms with van der Waals surface area (Å²) in [7, 11) is -3.82. The Kier molecular flexibility index (Phi) is 4.63. The van der Waals surface area contributed by atoms with Gasteiger partial charge in [0.1, 0.15) is 12.6 Å². The molecule has 2 N–H and O–H groups in total. The lowest BCUT2D eigenvalue weighted by Gasteiger charge is -2.32. The molecule has 112 valence electrons. The van der Waals surface area contributed by atoms with Crippen LogP contribution in [0.15, 0.2) is 29.2 Å². The van der Waals surface area contributed by atoms with Crippen LogP contribution in [0.2, 0.25) is 0 Å². The summed E-state index contributed by atoms with van der Waals surface area (Å²) in [5.74, 6) is 4.76. The highest BCUT2D eigenvalue weighted by atomic mass is 32.2. The second kappa shape index (κ2) is 6.26. The first kappa shape index (κ1) is 15.5. The molecule has 0 spiro atoms. The molecule has 6 nitrogen and oxygen atoms in total. The number of nitrogens with zero attached hydrogens (tertiary/aromatic N) is 1. The average molecular weight is 308 g/mol. The van der Waals surface area contributed by atoms with E-state index in [0.29, 0.717) is 5.56 Å². The molecule has 1 aliphatic heterocycles. The highest BCUT2D eigenvalue weighted by Gasteiger charge is 2.36. The lowest BCUT2D eigenvalue weighted by atomic mass is 10.2. The molecule has 2 rings (SSSR count). The van der Waals surface area contributed by atoms with Crippen LogP contribution in [0.3, 0.4) is 0 Å². The Bertz CT molecular complexity index is 703. The van der Waals surface area contributed by atoms with Gasteiger partial charge in [-0.05, 0) is 19.1 Å². The van der Waals surface area contributed by atoms with Crippen molar-refractivity contribution in [1.82, 2.24) is 9.62 Å². The van der Waals surface area contributed by atoms with Crippen molar-refractivity contribution in [3.05, 3.63) is 29.8 Å². The molecule has 0 aliphatic carbocycles. The van der Waals surface area contributed by atoms with E-state index in [2.05, 4.69) is 17.2 Å².